The van der Waals surface area contributed by atoms with E-state index in [1.54, 1.807) is 18.4 Å². The fourth-order valence-corrected chi connectivity index (χ4v) is 2.85. The maximum atomic E-state index is 5.90. The average Bonchev–Trinajstić information content (AvgIpc) is 3.03. The van der Waals surface area contributed by atoms with Crippen LogP contribution in [-0.2, 0) is 6.61 Å². The molecule has 0 atom stereocenters. The molecule has 0 saturated carbocycles. The molecule has 0 spiro atoms. The van der Waals surface area contributed by atoms with E-state index in [4.69, 9.17) is 21.1 Å². The molecule has 3 nitrogen and oxygen atoms in total. The van der Waals surface area contributed by atoms with Crippen LogP contribution < -0.4 is 9.47 Å². The summed E-state index contributed by atoms with van der Waals surface area (Å²) in [7, 11) is 1.63. The number of para-hydroxylation sites is 2. The van der Waals surface area contributed by atoms with Crippen LogP contribution in [0, 0.1) is 0 Å². The Morgan fingerprint density at radius 3 is 2.50 bits per heavy atom. The molecular formula is C17H14ClNO2S. The number of methoxy groups -OCH3 is 1. The van der Waals surface area contributed by atoms with Gasteiger partial charge in [-0.05, 0) is 24.3 Å². The summed E-state index contributed by atoms with van der Waals surface area (Å²) in [6.07, 6.45) is 0. The molecule has 0 fully saturated rings. The molecule has 22 heavy (non-hydrogen) atoms. The van der Waals surface area contributed by atoms with Gasteiger partial charge in [-0.1, -0.05) is 35.9 Å². The number of thiazole rings is 1. The first-order valence-electron chi connectivity index (χ1n) is 6.72. The fourth-order valence-electron chi connectivity index (χ4n) is 2.01. The van der Waals surface area contributed by atoms with Crippen molar-refractivity contribution < 1.29 is 9.47 Å². The van der Waals surface area contributed by atoms with Crippen LogP contribution in [0.5, 0.6) is 11.5 Å². The van der Waals surface area contributed by atoms with Crippen molar-refractivity contribution in [2.45, 2.75) is 6.61 Å². The monoisotopic (exact) mass is 331 g/mol. The molecule has 2 aromatic carbocycles. The van der Waals surface area contributed by atoms with Gasteiger partial charge in [-0.25, -0.2) is 4.98 Å². The smallest absolute Gasteiger partial charge is 0.161 e. The Kier molecular flexibility index (Phi) is 4.61. The predicted molar refractivity (Wildman–Crippen MR) is 89.9 cm³/mol. The molecule has 0 bridgehead atoms. The number of nitrogens with zero attached hydrogens (tertiary/aromatic N) is 1. The summed E-state index contributed by atoms with van der Waals surface area (Å²) in [5.41, 5.74) is 1.98. The van der Waals surface area contributed by atoms with E-state index in [2.05, 4.69) is 4.98 Å². The summed E-state index contributed by atoms with van der Waals surface area (Å²) in [5, 5.41) is 3.65. The Labute approximate surface area is 138 Å². The minimum Gasteiger partial charge on any atom is -0.493 e. The van der Waals surface area contributed by atoms with Crippen molar-refractivity contribution in [1.29, 1.82) is 0 Å². The first kappa shape index (κ1) is 14.9. The number of aromatic nitrogens is 1. The summed E-state index contributed by atoms with van der Waals surface area (Å²) in [4.78, 5) is 4.59. The SMILES string of the molecule is COc1ccccc1OCc1nc(-c2ccc(Cl)cc2)cs1. The highest BCUT2D eigenvalue weighted by atomic mass is 35.5. The van der Waals surface area contributed by atoms with Gasteiger partial charge in [0.15, 0.2) is 11.5 Å². The highest BCUT2D eigenvalue weighted by Crippen LogP contribution is 2.28. The van der Waals surface area contributed by atoms with Gasteiger partial charge in [0.2, 0.25) is 0 Å². The third-order valence-electron chi connectivity index (χ3n) is 3.11. The maximum Gasteiger partial charge on any atom is 0.161 e. The Balaban J connectivity index is 1.71. The third-order valence-corrected chi connectivity index (χ3v) is 4.19. The molecule has 0 aliphatic carbocycles. The summed E-state index contributed by atoms with van der Waals surface area (Å²) in [5.74, 6) is 1.44. The Hall–Kier alpha value is -2.04. The van der Waals surface area contributed by atoms with Crippen LogP contribution in [0.25, 0.3) is 11.3 Å². The van der Waals surface area contributed by atoms with E-state index in [1.807, 2.05) is 53.9 Å². The lowest BCUT2D eigenvalue weighted by Gasteiger charge is -2.08. The van der Waals surface area contributed by atoms with Crippen LogP contribution >= 0.6 is 22.9 Å². The van der Waals surface area contributed by atoms with Gasteiger partial charge in [-0.3, -0.25) is 0 Å². The zero-order valence-corrected chi connectivity index (χ0v) is 13.5. The van der Waals surface area contributed by atoms with Crippen molar-refractivity contribution >= 4 is 22.9 Å². The molecule has 0 N–H and O–H groups in total. The van der Waals surface area contributed by atoms with E-state index >= 15 is 0 Å². The number of hydrogen-bond donors (Lipinski definition) is 0. The maximum absolute atomic E-state index is 5.90. The highest BCUT2D eigenvalue weighted by molar-refractivity contribution is 7.09. The van der Waals surface area contributed by atoms with E-state index in [9.17, 15) is 0 Å². The van der Waals surface area contributed by atoms with E-state index in [-0.39, 0.29) is 0 Å². The summed E-state index contributed by atoms with van der Waals surface area (Å²) >= 11 is 7.47. The second-order valence-corrected chi connectivity index (χ2v) is 5.95. The van der Waals surface area contributed by atoms with Crippen LogP contribution in [0.1, 0.15) is 5.01 Å². The van der Waals surface area contributed by atoms with Gasteiger partial charge in [0, 0.05) is 16.0 Å². The number of rotatable bonds is 5. The molecule has 1 aromatic heterocycles. The molecular weight excluding hydrogens is 318 g/mol. The number of hydrogen-bond acceptors (Lipinski definition) is 4. The average molecular weight is 332 g/mol. The zero-order chi connectivity index (χ0) is 15.4. The normalized spacial score (nSPS) is 10.5. The molecule has 3 aromatic rings. The van der Waals surface area contributed by atoms with Crippen molar-refractivity contribution in [1.82, 2.24) is 4.98 Å². The number of halogens is 1. The standard InChI is InChI=1S/C17H14ClNO2S/c1-20-15-4-2-3-5-16(15)21-10-17-19-14(11-22-17)12-6-8-13(18)9-7-12/h2-9,11H,10H2,1H3. The van der Waals surface area contributed by atoms with Crippen molar-refractivity contribution in [2.75, 3.05) is 7.11 Å². The van der Waals surface area contributed by atoms with Crippen molar-refractivity contribution in [2.24, 2.45) is 0 Å². The van der Waals surface area contributed by atoms with Crippen LogP contribution in [0.4, 0.5) is 0 Å². The van der Waals surface area contributed by atoms with E-state index in [0.717, 1.165) is 27.0 Å². The molecule has 5 heteroatoms. The van der Waals surface area contributed by atoms with Gasteiger partial charge in [-0.15, -0.1) is 11.3 Å². The molecule has 0 unspecified atom stereocenters. The van der Waals surface area contributed by atoms with Gasteiger partial charge >= 0.3 is 0 Å². The van der Waals surface area contributed by atoms with Gasteiger partial charge in [-0.2, -0.15) is 0 Å². The summed E-state index contributed by atoms with van der Waals surface area (Å²) < 4.78 is 11.0. The second kappa shape index (κ2) is 6.81. The number of ether oxygens (including phenoxy) is 2. The van der Waals surface area contributed by atoms with Crippen LogP contribution in [-0.4, -0.2) is 12.1 Å². The fraction of sp³-hybridized carbons (Fsp3) is 0.118. The van der Waals surface area contributed by atoms with Gasteiger partial charge in [0.05, 0.1) is 12.8 Å². The lowest BCUT2D eigenvalue weighted by Crippen LogP contribution is -1.97. The minimum absolute atomic E-state index is 0.415. The zero-order valence-electron chi connectivity index (χ0n) is 12.0. The molecule has 0 amide bonds. The van der Waals surface area contributed by atoms with Gasteiger partial charge in [0.1, 0.15) is 11.6 Å². The topological polar surface area (TPSA) is 31.4 Å². The molecule has 0 radical (unpaired) electrons. The van der Waals surface area contributed by atoms with E-state index in [0.29, 0.717) is 12.4 Å². The quantitative estimate of drug-likeness (QED) is 0.655. The summed E-state index contributed by atoms with van der Waals surface area (Å²) in [6, 6.07) is 15.2. The Morgan fingerprint density at radius 2 is 1.77 bits per heavy atom. The number of benzene rings is 2. The van der Waals surface area contributed by atoms with E-state index in [1.165, 1.54) is 0 Å². The molecule has 0 aliphatic rings. The van der Waals surface area contributed by atoms with Crippen LogP contribution in [0.15, 0.2) is 53.9 Å². The molecule has 0 aliphatic heterocycles. The third kappa shape index (κ3) is 3.40. The molecule has 1 heterocycles. The molecule has 3 rings (SSSR count). The van der Waals surface area contributed by atoms with Crippen LogP contribution in [0.3, 0.4) is 0 Å². The second-order valence-electron chi connectivity index (χ2n) is 4.57. The van der Waals surface area contributed by atoms with Crippen molar-refractivity contribution in [3.63, 3.8) is 0 Å². The van der Waals surface area contributed by atoms with E-state index < -0.39 is 0 Å². The van der Waals surface area contributed by atoms with Crippen molar-refractivity contribution in [3.05, 3.63) is 63.9 Å². The summed E-state index contributed by atoms with van der Waals surface area (Å²) in [6.45, 7) is 0.415. The van der Waals surface area contributed by atoms with Gasteiger partial charge in [0.25, 0.3) is 0 Å². The lowest BCUT2D eigenvalue weighted by molar-refractivity contribution is 0.284. The lowest BCUT2D eigenvalue weighted by atomic mass is 10.2. The predicted octanol–water partition coefficient (Wildman–Crippen LogP) is 5.05. The van der Waals surface area contributed by atoms with Crippen molar-refractivity contribution in [3.8, 4) is 22.8 Å². The largest absolute Gasteiger partial charge is 0.493 e. The molecule has 0 saturated heterocycles. The highest BCUT2D eigenvalue weighted by Gasteiger charge is 2.07. The van der Waals surface area contributed by atoms with Crippen LogP contribution in [0.2, 0.25) is 5.02 Å². The first-order valence-corrected chi connectivity index (χ1v) is 7.98. The minimum atomic E-state index is 0.415. The van der Waals surface area contributed by atoms with Gasteiger partial charge < -0.3 is 9.47 Å². The Bertz CT molecular complexity index is 755. The Morgan fingerprint density at radius 1 is 1.05 bits per heavy atom. The first-order chi connectivity index (χ1) is 10.8. The molecule has 112 valence electrons.